The SMILES string of the molecule is COc1ccc(C(=O)NC(CF)C(=O)O)cc1OC(F)F. The van der Waals surface area contributed by atoms with Gasteiger partial charge in [-0.25, -0.2) is 9.18 Å². The van der Waals surface area contributed by atoms with Crippen LogP contribution in [0.2, 0.25) is 0 Å². The number of carboxylic acid groups (broad SMARTS) is 1. The number of aliphatic carboxylic acids is 1. The van der Waals surface area contributed by atoms with Crippen molar-refractivity contribution >= 4 is 11.9 Å². The minimum Gasteiger partial charge on any atom is -0.493 e. The minimum atomic E-state index is -3.13. The summed E-state index contributed by atoms with van der Waals surface area (Å²) in [6, 6.07) is 1.61. The van der Waals surface area contributed by atoms with Gasteiger partial charge in [0.15, 0.2) is 17.5 Å². The lowest BCUT2D eigenvalue weighted by Gasteiger charge is -2.13. The first-order valence-electron chi connectivity index (χ1n) is 5.61. The maximum Gasteiger partial charge on any atom is 0.387 e. The number of hydrogen-bond donors (Lipinski definition) is 2. The molecule has 1 rings (SSSR count). The van der Waals surface area contributed by atoms with E-state index in [9.17, 15) is 22.8 Å². The van der Waals surface area contributed by atoms with Gasteiger partial charge in [-0.15, -0.1) is 0 Å². The predicted octanol–water partition coefficient (Wildman–Crippen LogP) is 1.45. The normalized spacial score (nSPS) is 11.9. The summed E-state index contributed by atoms with van der Waals surface area (Å²) in [6.07, 6.45) is 0. The number of rotatable bonds is 7. The largest absolute Gasteiger partial charge is 0.493 e. The Hall–Kier alpha value is -2.45. The molecule has 116 valence electrons. The van der Waals surface area contributed by atoms with Crippen molar-refractivity contribution in [1.29, 1.82) is 0 Å². The smallest absolute Gasteiger partial charge is 0.387 e. The number of alkyl halides is 3. The number of benzene rings is 1. The van der Waals surface area contributed by atoms with E-state index < -0.39 is 37.0 Å². The summed E-state index contributed by atoms with van der Waals surface area (Å²) >= 11 is 0. The summed E-state index contributed by atoms with van der Waals surface area (Å²) in [5.41, 5.74) is -0.175. The summed E-state index contributed by atoms with van der Waals surface area (Å²) < 4.78 is 45.8. The molecule has 2 N–H and O–H groups in total. The summed E-state index contributed by atoms with van der Waals surface area (Å²) in [5.74, 6) is -2.93. The molecule has 21 heavy (non-hydrogen) atoms. The van der Waals surface area contributed by atoms with E-state index in [-0.39, 0.29) is 11.3 Å². The van der Waals surface area contributed by atoms with Crippen LogP contribution in [-0.4, -0.2) is 43.4 Å². The molecule has 1 aromatic rings. The highest BCUT2D eigenvalue weighted by Crippen LogP contribution is 2.29. The molecule has 0 saturated carbocycles. The van der Waals surface area contributed by atoms with Crippen LogP contribution >= 0.6 is 0 Å². The van der Waals surface area contributed by atoms with E-state index in [1.165, 1.54) is 19.2 Å². The summed E-state index contributed by atoms with van der Waals surface area (Å²) in [5, 5.41) is 10.5. The third-order valence-electron chi connectivity index (χ3n) is 2.40. The number of nitrogens with one attached hydrogen (secondary N) is 1. The van der Waals surface area contributed by atoms with Gasteiger partial charge in [-0.05, 0) is 18.2 Å². The fourth-order valence-corrected chi connectivity index (χ4v) is 1.41. The first-order chi connectivity index (χ1) is 9.88. The van der Waals surface area contributed by atoms with E-state index in [2.05, 4.69) is 4.74 Å². The third kappa shape index (κ3) is 4.55. The molecule has 0 radical (unpaired) electrons. The summed E-state index contributed by atoms with van der Waals surface area (Å²) in [4.78, 5) is 22.3. The van der Waals surface area contributed by atoms with Crippen molar-refractivity contribution < 1.29 is 37.3 Å². The number of amides is 1. The van der Waals surface area contributed by atoms with Gasteiger partial charge in [-0.2, -0.15) is 8.78 Å². The number of carbonyl (C=O) groups is 2. The fourth-order valence-electron chi connectivity index (χ4n) is 1.41. The number of carboxylic acids is 1. The van der Waals surface area contributed by atoms with E-state index in [0.29, 0.717) is 0 Å². The van der Waals surface area contributed by atoms with E-state index in [1.807, 2.05) is 5.32 Å². The number of hydrogen-bond acceptors (Lipinski definition) is 4. The van der Waals surface area contributed by atoms with Crippen LogP contribution in [0.4, 0.5) is 13.2 Å². The quantitative estimate of drug-likeness (QED) is 0.796. The van der Waals surface area contributed by atoms with Crippen molar-refractivity contribution in [2.24, 2.45) is 0 Å². The summed E-state index contributed by atoms with van der Waals surface area (Å²) in [6.45, 7) is -4.44. The molecule has 0 aliphatic rings. The first kappa shape index (κ1) is 16.6. The van der Waals surface area contributed by atoms with Crippen molar-refractivity contribution in [3.8, 4) is 11.5 Å². The fraction of sp³-hybridized carbons (Fsp3) is 0.333. The molecule has 0 fully saturated rings. The lowest BCUT2D eigenvalue weighted by atomic mass is 10.1. The van der Waals surface area contributed by atoms with Gasteiger partial charge in [0.25, 0.3) is 5.91 Å². The average Bonchev–Trinajstić information content (AvgIpc) is 2.43. The number of ether oxygens (including phenoxy) is 2. The molecular weight excluding hydrogens is 295 g/mol. The van der Waals surface area contributed by atoms with E-state index in [4.69, 9.17) is 9.84 Å². The molecule has 6 nitrogen and oxygen atoms in total. The van der Waals surface area contributed by atoms with Crippen molar-refractivity contribution in [1.82, 2.24) is 5.32 Å². The highest BCUT2D eigenvalue weighted by Gasteiger charge is 2.21. The van der Waals surface area contributed by atoms with Crippen molar-refractivity contribution in [2.75, 3.05) is 13.8 Å². The Bertz CT molecular complexity index is 524. The second-order valence-corrected chi connectivity index (χ2v) is 3.76. The van der Waals surface area contributed by atoms with Crippen LogP contribution in [0, 0.1) is 0 Å². The van der Waals surface area contributed by atoms with E-state index in [0.717, 1.165) is 6.07 Å². The zero-order valence-electron chi connectivity index (χ0n) is 10.8. The third-order valence-corrected chi connectivity index (χ3v) is 2.40. The van der Waals surface area contributed by atoms with Gasteiger partial charge in [0, 0.05) is 5.56 Å². The molecule has 1 aromatic carbocycles. The Morgan fingerprint density at radius 1 is 1.33 bits per heavy atom. The number of halogens is 3. The highest BCUT2D eigenvalue weighted by molar-refractivity contribution is 5.97. The molecule has 0 bridgehead atoms. The molecular formula is C12H12F3NO5. The van der Waals surface area contributed by atoms with Crippen molar-refractivity contribution in [3.63, 3.8) is 0 Å². The van der Waals surface area contributed by atoms with Crippen LogP contribution < -0.4 is 14.8 Å². The molecule has 0 aromatic heterocycles. The van der Waals surface area contributed by atoms with E-state index in [1.54, 1.807) is 0 Å². The van der Waals surface area contributed by atoms with Crippen LogP contribution in [-0.2, 0) is 4.79 Å². The Morgan fingerprint density at radius 2 is 2.00 bits per heavy atom. The van der Waals surface area contributed by atoms with E-state index >= 15 is 0 Å². The molecule has 0 aliphatic heterocycles. The Balaban J connectivity index is 2.97. The lowest BCUT2D eigenvalue weighted by molar-refractivity contribution is -0.139. The summed E-state index contributed by atoms with van der Waals surface area (Å²) in [7, 11) is 1.22. The molecule has 1 unspecified atom stereocenters. The molecule has 0 aliphatic carbocycles. The van der Waals surface area contributed by atoms with Crippen LogP contribution in [0.3, 0.4) is 0 Å². The highest BCUT2D eigenvalue weighted by atomic mass is 19.3. The van der Waals surface area contributed by atoms with Crippen LogP contribution in [0.15, 0.2) is 18.2 Å². The maximum atomic E-state index is 12.4. The zero-order chi connectivity index (χ0) is 16.0. The van der Waals surface area contributed by atoms with Crippen LogP contribution in [0.25, 0.3) is 0 Å². The molecule has 9 heteroatoms. The maximum absolute atomic E-state index is 12.4. The number of carbonyl (C=O) groups excluding carboxylic acids is 1. The van der Waals surface area contributed by atoms with Gasteiger partial charge >= 0.3 is 12.6 Å². The Kier molecular flexibility index (Phi) is 5.82. The van der Waals surface area contributed by atoms with Crippen molar-refractivity contribution in [2.45, 2.75) is 12.7 Å². The van der Waals surface area contributed by atoms with Gasteiger partial charge in [0.05, 0.1) is 7.11 Å². The van der Waals surface area contributed by atoms with Crippen molar-refractivity contribution in [3.05, 3.63) is 23.8 Å². The van der Waals surface area contributed by atoms with Crippen LogP contribution in [0.1, 0.15) is 10.4 Å². The second-order valence-electron chi connectivity index (χ2n) is 3.76. The van der Waals surface area contributed by atoms with Gasteiger partial charge in [-0.1, -0.05) is 0 Å². The zero-order valence-corrected chi connectivity index (χ0v) is 10.8. The molecule has 0 spiro atoms. The number of methoxy groups -OCH3 is 1. The Morgan fingerprint density at radius 3 is 2.48 bits per heavy atom. The van der Waals surface area contributed by atoms with Gasteiger partial charge in [0.1, 0.15) is 6.67 Å². The minimum absolute atomic E-state index is 0.0351. The standard InChI is InChI=1S/C12H12F3NO5/c1-20-8-3-2-6(4-9(8)21-12(14)15)10(17)16-7(5-13)11(18)19/h2-4,7,12H,5H2,1H3,(H,16,17)(H,18,19). The average molecular weight is 307 g/mol. The first-order valence-corrected chi connectivity index (χ1v) is 5.61. The second kappa shape index (κ2) is 7.36. The molecule has 0 heterocycles. The van der Waals surface area contributed by atoms with Gasteiger partial charge in [0.2, 0.25) is 0 Å². The van der Waals surface area contributed by atoms with Gasteiger partial charge < -0.3 is 19.9 Å². The lowest BCUT2D eigenvalue weighted by Crippen LogP contribution is -2.42. The topological polar surface area (TPSA) is 84.9 Å². The molecule has 1 amide bonds. The van der Waals surface area contributed by atoms with Gasteiger partial charge in [-0.3, -0.25) is 4.79 Å². The predicted molar refractivity (Wildman–Crippen MR) is 64.5 cm³/mol. The Labute approximate surface area is 117 Å². The van der Waals surface area contributed by atoms with Crippen LogP contribution in [0.5, 0.6) is 11.5 Å². The monoisotopic (exact) mass is 307 g/mol. The molecule has 1 atom stereocenters. The molecule has 0 saturated heterocycles.